The standard InChI is InChI=1S/C32H31N5O5/c1-39-32(38)22-8-9-26-28(16-22)37(17-24-12-15-40-24)29(34-26)18-36-13-10-21(11-14-36)25-5-3-7-30(35-25)41-19-23-4-2-6-27-31(23)42-20-33-27/h2-10,16,20,24H,11-15,17-19H2,1H3/t24-/m0/s1. The fourth-order valence-corrected chi connectivity index (χ4v) is 5.55. The quantitative estimate of drug-likeness (QED) is 0.228. The lowest BCUT2D eigenvalue weighted by Crippen LogP contribution is -2.33. The zero-order chi connectivity index (χ0) is 28.5. The zero-order valence-electron chi connectivity index (χ0n) is 23.4. The molecule has 1 saturated heterocycles. The van der Waals surface area contributed by atoms with Gasteiger partial charge in [0, 0.05) is 31.3 Å². The molecule has 5 heterocycles. The molecule has 0 aliphatic carbocycles. The van der Waals surface area contributed by atoms with Gasteiger partial charge in [-0.2, -0.15) is 0 Å². The summed E-state index contributed by atoms with van der Waals surface area (Å²) >= 11 is 0. The SMILES string of the molecule is COC(=O)c1ccc2nc(CN3CC=C(c4cccc(OCc5cccc6ncoc56)n4)CC3)n(C[C@@H]3CCO3)c2c1. The summed E-state index contributed by atoms with van der Waals surface area (Å²) in [5, 5.41) is 0. The van der Waals surface area contributed by atoms with E-state index in [1.165, 1.54) is 19.1 Å². The number of carbonyl (C=O) groups is 1. The normalized spacial score (nSPS) is 17.3. The highest BCUT2D eigenvalue weighted by Crippen LogP contribution is 2.27. The fourth-order valence-electron chi connectivity index (χ4n) is 5.55. The number of rotatable bonds is 9. The Kier molecular flexibility index (Phi) is 7.15. The van der Waals surface area contributed by atoms with Gasteiger partial charge < -0.3 is 23.2 Å². The fraction of sp³-hybridized carbons (Fsp3) is 0.312. The maximum Gasteiger partial charge on any atom is 0.337 e. The minimum Gasteiger partial charge on any atom is -0.473 e. The third kappa shape index (κ3) is 5.26. The molecule has 5 aromatic rings. The molecule has 10 heteroatoms. The average Bonchev–Trinajstić information content (AvgIpc) is 3.62. The number of benzene rings is 2. The first-order chi connectivity index (χ1) is 20.6. The molecule has 0 spiro atoms. The Morgan fingerprint density at radius 1 is 1.10 bits per heavy atom. The first-order valence-electron chi connectivity index (χ1n) is 14.2. The van der Waals surface area contributed by atoms with Crippen LogP contribution in [0.3, 0.4) is 0 Å². The smallest absolute Gasteiger partial charge is 0.337 e. The van der Waals surface area contributed by atoms with Crippen molar-refractivity contribution in [3.05, 3.63) is 89.7 Å². The molecule has 0 radical (unpaired) electrons. The highest BCUT2D eigenvalue weighted by atomic mass is 16.5. The molecule has 0 N–H and O–H groups in total. The van der Waals surface area contributed by atoms with Gasteiger partial charge in [-0.25, -0.2) is 19.7 Å². The number of pyridine rings is 1. The number of aromatic nitrogens is 4. The van der Waals surface area contributed by atoms with Crippen LogP contribution in [0.1, 0.15) is 40.3 Å². The second-order valence-corrected chi connectivity index (χ2v) is 10.6. The molecule has 2 aliphatic heterocycles. The zero-order valence-corrected chi connectivity index (χ0v) is 23.4. The van der Waals surface area contributed by atoms with Gasteiger partial charge in [-0.05, 0) is 48.7 Å². The summed E-state index contributed by atoms with van der Waals surface area (Å²) in [6.07, 6.45) is 5.75. The van der Waals surface area contributed by atoms with Crippen LogP contribution in [0, 0.1) is 0 Å². The summed E-state index contributed by atoms with van der Waals surface area (Å²) in [7, 11) is 1.40. The third-order valence-electron chi connectivity index (χ3n) is 7.95. The number of carbonyl (C=O) groups excluding carboxylic acids is 1. The minimum atomic E-state index is -0.352. The molecular formula is C32H31N5O5. The summed E-state index contributed by atoms with van der Waals surface area (Å²) in [5.74, 6) is 1.19. The van der Waals surface area contributed by atoms with E-state index < -0.39 is 0 Å². The maximum absolute atomic E-state index is 12.2. The number of hydrogen-bond acceptors (Lipinski definition) is 9. The molecule has 2 aromatic carbocycles. The van der Waals surface area contributed by atoms with Crippen LogP contribution in [0.15, 0.2) is 71.5 Å². The van der Waals surface area contributed by atoms with E-state index in [1.807, 2.05) is 48.5 Å². The second kappa shape index (κ2) is 11.4. The summed E-state index contributed by atoms with van der Waals surface area (Å²) in [4.78, 5) is 28.5. The number of methoxy groups -OCH3 is 1. The molecule has 42 heavy (non-hydrogen) atoms. The largest absolute Gasteiger partial charge is 0.473 e. The lowest BCUT2D eigenvalue weighted by Gasteiger charge is -2.29. The van der Waals surface area contributed by atoms with Crippen molar-refractivity contribution in [3.8, 4) is 5.88 Å². The number of para-hydroxylation sites is 1. The van der Waals surface area contributed by atoms with Gasteiger partial charge >= 0.3 is 5.97 Å². The summed E-state index contributed by atoms with van der Waals surface area (Å²) in [6.45, 7) is 4.21. The van der Waals surface area contributed by atoms with Crippen LogP contribution in [0.4, 0.5) is 0 Å². The van der Waals surface area contributed by atoms with Crippen LogP contribution >= 0.6 is 0 Å². The number of hydrogen-bond donors (Lipinski definition) is 0. The monoisotopic (exact) mass is 565 g/mol. The summed E-state index contributed by atoms with van der Waals surface area (Å²) in [6, 6.07) is 17.3. The van der Waals surface area contributed by atoms with Crippen molar-refractivity contribution in [1.29, 1.82) is 0 Å². The van der Waals surface area contributed by atoms with E-state index in [2.05, 4.69) is 20.5 Å². The van der Waals surface area contributed by atoms with E-state index in [0.29, 0.717) is 31.1 Å². The number of ether oxygens (including phenoxy) is 3. The average molecular weight is 566 g/mol. The molecule has 2 aliphatic rings. The first kappa shape index (κ1) is 26.4. The Hall–Kier alpha value is -4.54. The number of esters is 1. The van der Waals surface area contributed by atoms with E-state index in [-0.39, 0.29) is 12.1 Å². The van der Waals surface area contributed by atoms with Crippen molar-refractivity contribution in [2.75, 3.05) is 26.8 Å². The van der Waals surface area contributed by atoms with Crippen LogP contribution in [0.2, 0.25) is 0 Å². The minimum absolute atomic E-state index is 0.167. The van der Waals surface area contributed by atoms with Gasteiger partial charge in [-0.3, -0.25) is 4.90 Å². The predicted octanol–water partition coefficient (Wildman–Crippen LogP) is 5.02. The molecule has 1 fully saturated rings. The maximum atomic E-state index is 12.2. The lowest BCUT2D eigenvalue weighted by atomic mass is 10.0. The third-order valence-corrected chi connectivity index (χ3v) is 7.95. The summed E-state index contributed by atoms with van der Waals surface area (Å²) < 4.78 is 24.4. The second-order valence-electron chi connectivity index (χ2n) is 10.6. The van der Waals surface area contributed by atoms with Gasteiger partial charge in [0.25, 0.3) is 0 Å². The number of oxazole rings is 1. The van der Waals surface area contributed by atoms with Crippen LogP contribution in [0.25, 0.3) is 27.7 Å². The van der Waals surface area contributed by atoms with E-state index in [0.717, 1.165) is 71.8 Å². The Bertz CT molecular complexity index is 1790. The van der Waals surface area contributed by atoms with Crippen molar-refractivity contribution in [1.82, 2.24) is 24.4 Å². The van der Waals surface area contributed by atoms with Crippen molar-refractivity contribution < 1.29 is 23.4 Å². The first-order valence-corrected chi connectivity index (χ1v) is 14.2. The molecule has 0 bridgehead atoms. The van der Waals surface area contributed by atoms with E-state index in [9.17, 15) is 4.79 Å². The number of imidazole rings is 1. The molecule has 214 valence electrons. The molecule has 0 saturated carbocycles. The van der Waals surface area contributed by atoms with Gasteiger partial charge in [0.2, 0.25) is 5.88 Å². The molecule has 10 nitrogen and oxygen atoms in total. The topological polar surface area (TPSA) is 105 Å². The van der Waals surface area contributed by atoms with E-state index in [4.69, 9.17) is 28.6 Å². The van der Waals surface area contributed by atoms with Gasteiger partial charge in [0.1, 0.15) is 17.9 Å². The Morgan fingerprint density at radius 3 is 2.81 bits per heavy atom. The summed E-state index contributed by atoms with van der Waals surface area (Å²) in [5.41, 5.74) is 6.92. The van der Waals surface area contributed by atoms with Gasteiger partial charge in [-0.15, -0.1) is 0 Å². The Balaban J connectivity index is 1.05. The number of fused-ring (bicyclic) bond motifs is 2. The van der Waals surface area contributed by atoms with Crippen molar-refractivity contribution in [3.63, 3.8) is 0 Å². The number of nitrogens with zero attached hydrogens (tertiary/aromatic N) is 5. The molecule has 0 amide bonds. The predicted molar refractivity (Wildman–Crippen MR) is 156 cm³/mol. The van der Waals surface area contributed by atoms with Crippen LogP contribution in [0.5, 0.6) is 5.88 Å². The van der Waals surface area contributed by atoms with Crippen molar-refractivity contribution >= 4 is 33.7 Å². The Morgan fingerprint density at radius 2 is 2.00 bits per heavy atom. The Labute approximate surface area is 242 Å². The highest BCUT2D eigenvalue weighted by Gasteiger charge is 2.24. The molecule has 0 unspecified atom stereocenters. The molecular weight excluding hydrogens is 534 g/mol. The molecule has 1 atom stereocenters. The molecule has 3 aromatic heterocycles. The van der Waals surface area contributed by atoms with Crippen LogP contribution in [-0.2, 0) is 29.2 Å². The van der Waals surface area contributed by atoms with Gasteiger partial charge in [-0.1, -0.05) is 24.3 Å². The van der Waals surface area contributed by atoms with E-state index >= 15 is 0 Å². The van der Waals surface area contributed by atoms with Gasteiger partial charge in [0.05, 0.1) is 48.6 Å². The van der Waals surface area contributed by atoms with Crippen molar-refractivity contribution in [2.45, 2.75) is 38.6 Å². The van der Waals surface area contributed by atoms with Crippen LogP contribution in [-0.4, -0.2) is 63.3 Å². The molecule has 7 rings (SSSR count). The van der Waals surface area contributed by atoms with Crippen LogP contribution < -0.4 is 4.74 Å². The van der Waals surface area contributed by atoms with Gasteiger partial charge in [0.15, 0.2) is 12.0 Å². The highest BCUT2D eigenvalue weighted by molar-refractivity contribution is 5.93. The lowest BCUT2D eigenvalue weighted by molar-refractivity contribution is -0.0591. The van der Waals surface area contributed by atoms with E-state index in [1.54, 1.807) is 6.07 Å². The van der Waals surface area contributed by atoms with Crippen molar-refractivity contribution in [2.24, 2.45) is 0 Å².